The number of anilines is 2. The van der Waals surface area contributed by atoms with Crippen LogP contribution in [0.2, 0.25) is 0 Å². The van der Waals surface area contributed by atoms with E-state index in [4.69, 9.17) is 4.74 Å². The van der Waals surface area contributed by atoms with E-state index in [1.807, 2.05) is 6.92 Å². The summed E-state index contributed by atoms with van der Waals surface area (Å²) < 4.78 is 19.6. The van der Waals surface area contributed by atoms with Gasteiger partial charge in [0.1, 0.15) is 17.7 Å². The minimum atomic E-state index is -0.497. The highest BCUT2D eigenvalue weighted by Crippen LogP contribution is 2.28. The van der Waals surface area contributed by atoms with Gasteiger partial charge in [0.15, 0.2) is 5.82 Å². The molecule has 1 aliphatic heterocycles. The predicted molar refractivity (Wildman–Crippen MR) is 97.0 cm³/mol. The van der Waals surface area contributed by atoms with Gasteiger partial charge in [-0.1, -0.05) is 0 Å². The quantitative estimate of drug-likeness (QED) is 0.877. The second-order valence-electron chi connectivity index (χ2n) is 6.38. The van der Waals surface area contributed by atoms with E-state index in [0.717, 1.165) is 31.6 Å². The third kappa shape index (κ3) is 4.89. The lowest BCUT2D eigenvalue weighted by Gasteiger charge is -2.29. The number of halogens is 1. The number of nitrogens with zero attached hydrogens (tertiary/aromatic N) is 3. The Morgan fingerprint density at radius 2 is 2.00 bits per heavy atom. The Bertz CT molecular complexity index is 761. The van der Waals surface area contributed by atoms with Crippen LogP contribution in [0, 0.1) is 12.7 Å². The van der Waals surface area contributed by atoms with Crippen LogP contribution in [0.4, 0.5) is 20.7 Å². The van der Waals surface area contributed by atoms with Crippen molar-refractivity contribution in [2.75, 3.05) is 30.8 Å². The molecular weight excluding hydrogens is 337 g/mol. The monoisotopic (exact) mass is 359 g/mol. The van der Waals surface area contributed by atoms with Crippen LogP contribution < -0.4 is 15.4 Å². The van der Waals surface area contributed by atoms with E-state index in [9.17, 15) is 9.18 Å². The Morgan fingerprint density at radius 1 is 1.23 bits per heavy atom. The number of rotatable bonds is 4. The number of aryl methyl sites for hydroxylation is 1. The first-order chi connectivity index (χ1) is 12.5. The van der Waals surface area contributed by atoms with Gasteiger partial charge in [-0.15, -0.1) is 0 Å². The van der Waals surface area contributed by atoms with Gasteiger partial charge in [0.25, 0.3) is 0 Å². The van der Waals surface area contributed by atoms with Gasteiger partial charge in [0.05, 0.1) is 23.8 Å². The summed E-state index contributed by atoms with van der Waals surface area (Å²) >= 11 is 0. The molecule has 1 aromatic carbocycles. The number of aromatic nitrogens is 2. The highest BCUT2D eigenvalue weighted by atomic mass is 19.1. The molecular formula is C18H22FN5O2. The van der Waals surface area contributed by atoms with E-state index < -0.39 is 11.8 Å². The maximum atomic E-state index is 13.7. The van der Waals surface area contributed by atoms with Crippen molar-refractivity contribution in [3.63, 3.8) is 0 Å². The minimum Gasteiger partial charge on any atom is -0.488 e. The summed E-state index contributed by atoms with van der Waals surface area (Å²) in [7, 11) is 2.06. The van der Waals surface area contributed by atoms with Crippen LogP contribution in [0.3, 0.4) is 0 Å². The summed E-state index contributed by atoms with van der Waals surface area (Å²) in [6.45, 7) is 3.66. The molecule has 1 fully saturated rings. The molecule has 1 saturated heterocycles. The second kappa shape index (κ2) is 8.09. The molecule has 0 atom stereocenters. The van der Waals surface area contributed by atoms with Gasteiger partial charge in [-0.2, -0.15) is 0 Å². The summed E-state index contributed by atoms with van der Waals surface area (Å²) in [5.74, 6) is 0.237. The largest absolute Gasteiger partial charge is 0.488 e. The van der Waals surface area contributed by atoms with Gasteiger partial charge < -0.3 is 15.0 Å². The zero-order valence-electron chi connectivity index (χ0n) is 14.8. The lowest BCUT2D eigenvalue weighted by atomic mass is 10.1. The van der Waals surface area contributed by atoms with Gasteiger partial charge in [0, 0.05) is 19.2 Å². The number of nitrogens with one attached hydrogen (secondary N) is 2. The normalized spacial score (nSPS) is 15.5. The summed E-state index contributed by atoms with van der Waals surface area (Å²) in [5.41, 5.74) is 1.16. The fraction of sp³-hybridized carbons (Fsp3) is 0.389. The summed E-state index contributed by atoms with van der Waals surface area (Å²) in [4.78, 5) is 22.6. The number of hydrogen-bond donors (Lipinski definition) is 2. The van der Waals surface area contributed by atoms with Crippen LogP contribution in [0.15, 0.2) is 30.6 Å². The summed E-state index contributed by atoms with van der Waals surface area (Å²) in [6, 6.07) is 3.56. The molecule has 26 heavy (non-hydrogen) atoms. The Balaban J connectivity index is 1.66. The molecule has 2 amide bonds. The molecule has 0 unspecified atom stereocenters. The van der Waals surface area contributed by atoms with Gasteiger partial charge in [0.2, 0.25) is 0 Å². The third-order valence-electron chi connectivity index (χ3n) is 4.17. The number of piperidine rings is 1. The van der Waals surface area contributed by atoms with Crippen molar-refractivity contribution in [3.8, 4) is 5.75 Å². The molecule has 0 bridgehead atoms. The smallest absolute Gasteiger partial charge is 0.324 e. The molecule has 2 N–H and O–H groups in total. The Morgan fingerprint density at radius 3 is 2.69 bits per heavy atom. The van der Waals surface area contributed by atoms with Gasteiger partial charge in [-0.05, 0) is 38.9 Å². The maximum Gasteiger partial charge on any atom is 0.324 e. The van der Waals surface area contributed by atoms with E-state index in [1.54, 1.807) is 6.20 Å². The zero-order chi connectivity index (χ0) is 18.5. The fourth-order valence-corrected chi connectivity index (χ4v) is 2.71. The van der Waals surface area contributed by atoms with Crippen molar-refractivity contribution in [1.82, 2.24) is 14.9 Å². The number of benzene rings is 1. The van der Waals surface area contributed by atoms with E-state index >= 15 is 0 Å². The Kier molecular flexibility index (Phi) is 5.62. The molecule has 8 heteroatoms. The first-order valence-electron chi connectivity index (χ1n) is 8.51. The van der Waals surface area contributed by atoms with Gasteiger partial charge in [-0.3, -0.25) is 10.3 Å². The SMILES string of the molecule is Cc1cnc(NC(=O)Nc2ccc(F)cc2OC2CCN(C)CC2)cn1. The zero-order valence-corrected chi connectivity index (χ0v) is 14.8. The number of likely N-dealkylation sites (tertiary alicyclic amines) is 1. The maximum absolute atomic E-state index is 13.7. The highest BCUT2D eigenvalue weighted by Gasteiger charge is 2.20. The topological polar surface area (TPSA) is 79.4 Å². The highest BCUT2D eigenvalue weighted by molar-refractivity contribution is 6.00. The molecule has 0 saturated carbocycles. The molecule has 138 valence electrons. The first kappa shape index (κ1) is 18.1. The number of hydrogen-bond acceptors (Lipinski definition) is 5. The molecule has 1 aromatic heterocycles. The van der Waals surface area contributed by atoms with Gasteiger partial charge in [-0.25, -0.2) is 14.2 Å². The Hall–Kier alpha value is -2.74. The van der Waals surface area contributed by atoms with Crippen molar-refractivity contribution in [2.45, 2.75) is 25.9 Å². The third-order valence-corrected chi connectivity index (χ3v) is 4.17. The lowest BCUT2D eigenvalue weighted by Crippen LogP contribution is -2.35. The van der Waals surface area contributed by atoms with Crippen LogP contribution in [0.1, 0.15) is 18.5 Å². The average Bonchev–Trinajstić information content (AvgIpc) is 2.61. The number of urea groups is 1. The molecule has 0 aliphatic carbocycles. The van der Waals surface area contributed by atoms with E-state index in [2.05, 4.69) is 32.5 Å². The molecule has 7 nitrogen and oxygen atoms in total. The number of carbonyl (C=O) groups excluding carboxylic acids is 1. The van der Waals surface area contributed by atoms with Crippen LogP contribution >= 0.6 is 0 Å². The molecule has 2 aromatic rings. The number of ether oxygens (including phenoxy) is 1. The first-order valence-corrected chi connectivity index (χ1v) is 8.51. The van der Waals surface area contributed by atoms with Crippen molar-refractivity contribution < 1.29 is 13.9 Å². The molecule has 0 spiro atoms. The fourth-order valence-electron chi connectivity index (χ4n) is 2.71. The lowest BCUT2D eigenvalue weighted by molar-refractivity contribution is 0.114. The van der Waals surface area contributed by atoms with Crippen molar-refractivity contribution in [3.05, 3.63) is 42.1 Å². The summed E-state index contributed by atoms with van der Waals surface area (Å²) in [5, 5.41) is 5.27. The molecule has 2 heterocycles. The number of carbonyl (C=O) groups is 1. The van der Waals surface area contributed by atoms with Crippen LogP contribution in [0.5, 0.6) is 5.75 Å². The second-order valence-corrected chi connectivity index (χ2v) is 6.38. The van der Waals surface area contributed by atoms with E-state index in [0.29, 0.717) is 17.3 Å². The van der Waals surface area contributed by atoms with E-state index in [1.165, 1.54) is 24.4 Å². The molecule has 3 rings (SSSR count). The van der Waals surface area contributed by atoms with Crippen molar-refractivity contribution in [2.24, 2.45) is 0 Å². The van der Waals surface area contributed by atoms with Crippen molar-refractivity contribution >= 4 is 17.5 Å². The van der Waals surface area contributed by atoms with Crippen LogP contribution in [0.25, 0.3) is 0 Å². The predicted octanol–water partition coefficient (Wildman–Crippen LogP) is 3.04. The average molecular weight is 359 g/mol. The number of amides is 2. The van der Waals surface area contributed by atoms with Crippen LogP contribution in [-0.4, -0.2) is 47.1 Å². The van der Waals surface area contributed by atoms with Gasteiger partial charge >= 0.3 is 6.03 Å². The minimum absolute atomic E-state index is 0.000392. The molecule has 1 aliphatic rings. The molecule has 0 radical (unpaired) electrons. The van der Waals surface area contributed by atoms with Crippen molar-refractivity contribution in [1.29, 1.82) is 0 Å². The van der Waals surface area contributed by atoms with Crippen LogP contribution in [-0.2, 0) is 0 Å². The van der Waals surface area contributed by atoms with E-state index in [-0.39, 0.29) is 6.10 Å². The summed E-state index contributed by atoms with van der Waals surface area (Å²) in [6.07, 6.45) is 4.74. The standard InChI is InChI=1S/C18H22FN5O2/c1-12-10-21-17(11-20-12)23-18(25)22-15-4-3-13(19)9-16(15)26-14-5-7-24(2)8-6-14/h3-4,9-11,14H,5-8H2,1-2H3,(H2,21,22,23,25). The Labute approximate surface area is 151 Å².